The molecule has 1 aliphatic carbocycles. The Hall–Kier alpha value is -1.04. The first kappa shape index (κ1) is 18.3. The Balaban J connectivity index is 2.38. The second kappa shape index (κ2) is 7.24. The van der Waals surface area contributed by atoms with Crippen LogP contribution in [0.3, 0.4) is 0 Å². The first-order chi connectivity index (χ1) is 10.8. The van der Waals surface area contributed by atoms with Crippen molar-refractivity contribution < 1.29 is 14.1 Å². The van der Waals surface area contributed by atoms with E-state index in [1.165, 1.54) is 5.56 Å². The van der Waals surface area contributed by atoms with Crippen LogP contribution in [-0.2, 0) is 32.9 Å². The van der Waals surface area contributed by atoms with E-state index in [4.69, 9.17) is 4.74 Å². The number of hydrogen-bond acceptors (Lipinski definition) is 4. The molecule has 0 saturated carbocycles. The summed E-state index contributed by atoms with van der Waals surface area (Å²) in [6, 6.07) is 8.13. The summed E-state index contributed by atoms with van der Waals surface area (Å²) in [6.07, 6.45) is 2.94. The van der Waals surface area contributed by atoms with Gasteiger partial charge in [0, 0.05) is 11.4 Å². The van der Waals surface area contributed by atoms with Crippen LogP contribution in [0.1, 0.15) is 58.1 Å². The number of benzene rings is 1. The van der Waals surface area contributed by atoms with Crippen molar-refractivity contribution in [2.24, 2.45) is 0 Å². The maximum atomic E-state index is 12.7. The molecule has 0 saturated heterocycles. The van der Waals surface area contributed by atoms with E-state index < -0.39 is 21.6 Å². The van der Waals surface area contributed by atoms with Crippen LogP contribution in [-0.4, -0.2) is 21.9 Å². The molecule has 0 aromatic heterocycles. The van der Waals surface area contributed by atoms with Gasteiger partial charge >= 0.3 is 5.97 Å². The molecule has 1 aromatic rings. The van der Waals surface area contributed by atoms with E-state index in [1.807, 2.05) is 39.0 Å². The highest BCUT2D eigenvalue weighted by Gasteiger charge is 2.44. The number of aryl methyl sites for hydroxylation is 1. The Kier molecular flexibility index (Phi) is 5.76. The third-order valence-electron chi connectivity index (χ3n) is 4.18. The van der Waals surface area contributed by atoms with Crippen LogP contribution in [0, 0.1) is 0 Å². The molecule has 2 atom stereocenters. The van der Waals surface area contributed by atoms with Gasteiger partial charge in [-0.25, -0.2) is 0 Å². The highest BCUT2D eigenvalue weighted by atomic mass is 32.2. The summed E-state index contributed by atoms with van der Waals surface area (Å²) in [7, 11) is 0. The fourth-order valence-electron chi connectivity index (χ4n) is 3.04. The number of ether oxygens (including phenoxy) is 1. The molecule has 1 unspecified atom stereocenters. The minimum Gasteiger partial charge on any atom is -0.598 e. The number of nitrogens with one attached hydrogen (secondary N) is 1. The van der Waals surface area contributed by atoms with Gasteiger partial charge in [0.05, 0.1) is 18.6 Å². The predicted molar refractivity (Wildman–Crippen MR) is 93.3 cm³/mol. The summed E-state index contributed by atoms with van der Waals surface area (Å²) in [6.45, 7) is 7.97. The van der Waals surface area contributed by atoms with Crippen molar-refractivity contribution in [2.75, 3.05) is 6.61 Å². The summed E-state index contributed by atoms with van der Waals surface area (Å²) in [5.41, 5.74) is 1.69. The summed E-state index contributed by atoms with van der Waals surface area (Å²) < 4.78 is 20.8. The zero-order valence-electron chi connectivity index (χ0n) is 14.5. The van der Waals surface area contributed by atoms with Gasteiger partial charge in [0.15, 0.2) is 0 Å². The van der Waals surface area contributed by atoms with Gasteiger partial charge in [0.2, 0.25) is 0 Å². The monoisotopic (exact) mass is 337 g/mol. The van der Waals surface area contributed by atoms with Crippen molar-refractivity contribution in [3.63, 3.8) is 0 Å². The lowest BCUT2D eigenvalue weighted by Crippen LogP contribution is -2.53. The number of fused-ring (bicyclic) bond motifs is 1. The first-order valence-corrected chi connectivity index (χ1v) is 9.37. The minimum atomic E-state index is -1.26. The molecule has 0 spiro atoms. The Morgan fingerprint density at radius 2 is 2.09 bits per heavy atom. The summed E-state index contributed by atoms with van der Waals surface area (Å²) in [4.78, 5) is 12.2. The highest BCUT2D eigenvalue weighted by molar-refractivity contribution is 7.90. The van der Waals surface area contributed by atoms with Crippen LogP contribution in [0.4, 0.5) is 0 Å². The van der Waals surface area contributed by atoms with Crippen LogP contribution in [0.2, 0.25) is 0 Å². The number of rotatable bonds is 5. The van der Waals surface area contributed by atoms with Gasteiger partial charge in [-0.05, 0) is 58.1 Å². The number of carbonyl (C=O) groups is 1. The molecule has 1 aromatic carbocycles. The van der Waals surface area contributed by atoms with Crippen molar-refractivity contribution in [1.29, 1.82) is 0 Å². The molecule has 0 radical (unpaired) electrons. The Morgan fingerprint density at radius 3 is 2.74 bits per heavy atom. The molecule has 4 nitrogen and oxygen atoms in total. The SMILES string of the molecule is CCOC(=O)C[C@@]1(N[S+]([O-])C(C)(C)C)CCCc2ccccc21. The lowest BCUT2D eigenvalue weighted by molar-refractivity contribution is -0.145. The molecule has 2 rings (SSSR count). The standard InChI is InChI=1S/C18H27NO3S/c1-5-22-16(20)13-18(19-23(21)17(2,3)4)12-8-10-14-9-6-7-11-15(14)18/h6-7,9,11,19H,5,8,10,12-13H2,1-4H3/t18-,23?/m0/s1. The summed E-state index contributed by atoms with van der Waals surface area (Å²) in [5.74, 6) is -0.248. The first-order valence-electron chi connectivity index (χ1n) is 8.22. The maximum absolute atomic E-state index is 12.7. The highest BCUT2D eigenvalue weighted by Crippen LogP contribution is 2.39. The van der Waals surface area contributed by atoms with Crippen molar-refractivity contribution in [3.8, 4) is 0 Å². The number of hydrogen-bond donors (Lipinski definition) is 1. The van der Waals surface area contributed by atoms with E-state index >= 15 is 0 Å². The van der Waals surface area contributed by atoms with Crippen molar-refractivity contribution >= 4 is 17.3 Å². The van der Waals surface area contributed by atoms with Gasteiger partial charge in [0.1, 0.15) is 4.75 Å². The van der Waals surface area contributed by atoms with Gasteiger partial charge in [-0.15, -0.1) is 4.72 Å². The molecule has 5 heteroatoms. The quantitative estimate of drug-likeness (QED) is 0.662. The maximum Gasteiger partial charge on any atom is 0.308 e. The van der Waals surface area contributed by atoms with Gasteiger partial charge in [-0.1, -0.05) is 24.3 Å². The van der Waals surface area contributed by atoms with E-state index in [0.717, 1.165) is 24.8 Å². The lowest BCUT2D eigenvalue weighted by atomic mass is 9.75. The zero-order valence-corrected chi connectivity index (χ0v) is 15.3. The number of carbonyl (C=O) groups excluding carboxylic acids is 1. The zero-order chi connectivity index (χ0) is 17.1. The predicted octanol–water partition coefficient (Wildman–Crippen LogP) is 3.22. The summed E-state index contributed by atoms with van der Waals surface area (Å²) >= 11 is -1.26. The molecule has 0 amide bonds. The molecule has 0 bridgehead atoms. The molecule has 1 N–H and O–H groups in total. The smallest absolute Gasteiger partial charge is 0.308 e. The van der Waals surface area contributed by atoms with Gasteiger partial charge < -0.3 is 9.29 Å². The second-order valence-electron chi connectivity index (χ2n) is 7.06. The van der Waals surface area contributed by atoms with Gasteiger partial charge in [-0.3, -0.25) is 4.79 Å². The molecular weight excluding hydrogens is 310 g/mol. The van der Waals surface area contributed by atoms with Crippen LogP contribution in [0.15, 0.2) is 24.3 Å². The van der Waals surface area contributed by atoms with E-state index in [0.29, 0.717) is 6.61 Å². The second-order valence-corrected chi connectivity index (χ2v) is 9.02. The molecule has 23 heavy (non-hydrogen) atoms. The molecule has 1 aliphatic rings. The minimum absolute atomic E-state index is 0.208. The fourth-order valence-corrected chi connectivity index (χ4v) is 3.98. The average Bonchev–Trinajstić information content (AvgIpc) is 2.47. The van der Waals surface area contributed by atoms with Crippen LogP contribution in [0.25, 0.3) is 0 Å². The largest absolute Gasteiger partial charge is 0.598 e. The summed E-state index contributed by atoms with van der Waals surface area (Å²) in [5, 5.41) is 0. The molecule has 128 valence electrons. The number of esters is 1. The molecule has 0 aliphatic heterocycles. The van der Waals surface area contributed by atoms with Gasteiger partial charge in [0.25, 0.3) is 0 Å². The van der Waals surface area contributed by atoms with Crippen LogP contribution < -0.4 is 4.72 Å². The molecular formula is C18H27NO3S. The normalized spacial score (nSPS) is 22.3. The van der Waals surface area contributed by atoms with Crippen molar-refractivity contribution in [3.05, 3.63) is 35.4 Å². The van der Waals surface area contributed by atoms with Crippen LogP contribution >= 0.6 is 0 Å². The molecule has 0 fully saturated rings. The Bertz CT molecular complexity index is 555. The Morgan fingerprint density at radius 1 is 1.39 bits per heavy atom. The van der Waals surface area contributed by atoms with E-state index in [9.17, 15) is 9.35 Å². The van der Waals surface area contributed by atoms with Crippen LogP contribution in [0.5, 0.6) is 0 Å². The third kappa shape index (κ3) is 4.28. The van der Waals surface area contributed by atoms with E-state index in [-0.39, 0.29) is 12.4 Å². The molecule has 0 heterocycles. The van der Waals surface area contributed by atoms with E-state index in [2.05, 4.69) is 10.8 Å². The lowest BCUT2D eigenvalue weighted by Gasteiger charge is -2.40. The fraction of sp³-hybridized carbons (Fsp3) is 0.611. The third-order valence-corrected chi connectivity index (χ3v) is 5.87. The van der Waals surface area contributed by atoms with Crippen molar-refractivity contribution in [1.82, 2.24) is 4.72 Å². The van der Waals surface area contributed by atoms with E-state index in [1.54, 1.807) is 6.92 Å². The Labute approximate surface area is 142 Å². The topological polar surface area (TPSA) is 61.4 Å². The van der Waals surface area contributed by atoms with Gasteiger partial charge in [-0.2, -0.15) is 0 Å². The van der Waals surface area contributed by atoms with Crippen molar-refractivity contribution in [2.45, 2.75) is 63.7 Å². The average molecular weight is 337 g/mol.